The van der Waals surface area contributed by atoms with Gasteiger partial charge in [-0.3, -0.25) is 4.79 Å². The lowest BCUT2D eigenvalue weighted by molar-refractivity contribution is -0.389. The summed E-state index contributed by atoms with van der Waals surface area (Å²) in [4.78, 5) is 26.1. The molecular weight excluding hydrogens is 329 g/mol. The van der Waals surface area contributed by atoms with E-state index >= 15 is 0 Å². The third-order valence-electron chi connectivity index (χ3n) is 3.43. The van der Waals surface area contributed by atoms with Gasteiger partial charge in [-0.2, -0.15) is 0 Å². The Morgan fingerprint density at radius 2 is 2.12 bits per heavy atom. The van der Waals surface area contributed by atoms with Crippen LogP contribution in [0.2, 0.25) is 0 Å². The van der Waals surface area contributed by atoms with Gasteiger partial charge in [-0.05, 0) is 42.0 Å². The number of hydrogen-bond donors (Lipinski definition) is 2. The fourth-order valence-electron chi connectivity index (χ4n) is 2.30. The van der Waals surface area contributed by atoms with Crippen molar-refractivity contribution >= 4 is 23.1 Å². The van der Waals surface area contributed by atoms with Crippen molar-refractivity contribution in [3.05, 3.63) is 46.2 Å². The Balaban J connectivity index is 2.02. The Hall–Kier alpha value is -2.97. The largest absolute Gasteiger partial charge is 0.381 e. The van der Waals surface area contributed by atoms with Gasteiger partial charge in [0.15, 0.2) is 0 Å². The first-order valence-electron chi connectivity index (χ1n) is 7.80. The average molecular weight is 349 g/mol. The molecule has 1 aromatic heterocycles. The van der Waals surface area contributed by atoms with Crippen molar-refractivity contribution in [1.29, 1.82) is 0 Å². The molecule has 0 aliphatic carbocycles. The van der Waals surface area contributed by atoms with Gasteiger partial charge in [0.1, 0.15) is 12.0 Å². The Morgan fingerprint density at radius 1 is 1.40 bits per heavy atom. The second-order valence-electron chi connectivity index (χ2n) is 5.88. The SMILES string of the molecule is Cc1nc([N+](=O)[O-])cn1CCC(=O)Nc1ccc(F)cc1NC(C)C. The van der Waals surface area contributed by atoms with Gasteiger partial charge in [0.05, 0.1) is 11.4 Å². The van der Waals surface area contributed by atoms with Crippen LogP contribution in [0.1, 0.15) is 26.1 Å². The van der Waals surface area contributed by atoms with E-state index in [4.69, 9.17) is 0 Å². The van der Waals surface area contributed by atoms with Crippen LogP contribution in [0.25, 0.3) is 0 Å². The van der Waals surface area contributed by atoms with Gasteiger partial charge < -0.3 is 25.3 Å². The van der Waals surface area contributed by atoms with Gasteiger partial charge in [-0.1, -0.05) is 0 Å². The highest BCUT2D eigenvalue weighted by molar-refractivity contribution is 5.94. The number of rotatable bonds is 7. The fraction of sp³-hybridized carbons (Fsp3) is 0.375. The van der Waals surface area contributed by atoms with Gasteiger partial charge >= 0.3 is 5.82 Å². The van der Waals surface area contributed by atoms with E-state index in [2.05, 4.69) is 15.6 Å². The monoisotopic (exact) mass is 349 g/mol. The van der Waals surface area contributed by atoms with Gasteiger partial charge in [0.25, 0.3) is 0 Å². The number of carbonyl (C=O) groups is 1. The molecule has 2 aromatic rings. The van der Waals surface area contributed by atoms with Gasteiger partial charge in [0.2, 0.25) is 11.7 Å². The predicted octanol–water partition coefficient (Wildman–Crippen LogP) is 3.09. The lowest BCUT2D eigenvalue weighted by atomic mass is 10.2. The van der Waals surface area contributed by atoms with E-state index in [0.29, 0.717) is 17.2 Å². The van der Waals surface area contributed by atoms with Crippen molar-refractivity contribution in [2.75, 3.05) is 10.6 Å². The Kier molecular flexibility index (Phi) is 5.68. The molecular formula is C16H20FN5O3. The van der Waals surface area contributed by atoms with Crippen LogP contribution in [-0.2, 0) is 11.3 Å². The molecule has 8 nitrogen and oxygen atoms in total. The molecule has 2 N–H and O–H groups in total. The molecule has 1 heterocycles. The summed E-state index contributed by atoms with van der Waals surface area (Å²) in [5.74, 6) is -0.472. The maximum Gasteiger partial charge on any atom is 0.381 e. The first-order chi connectivity index (χ1) is 11.8. The molecule has 9 heteroatoms. The minimum Gasteiger partial charge on any atom is -0.381 e. The number of anilines is 2. The lowest BCUT2D eigenvalue weighted by Gasteiger charge is -2.15. The second kappa shape index (κ2) is 7.73. The molecule has 0 saturated heterocycles. The Labute approximate surface area is 144 Å². The van der Waals surface area contributed by atoms with Crippen LogP contribution in [0.4, 0.5) is 21.6 Å². The van der Waals surface area contributed by atoms with Crippen molar-refractivity contribution in [2.24, 2.45) is 0 Å². The molecule has 1 amide bonds. The molecule has 0 bridgehead atoms. The van der Waals surface area contributed by atoms with E-state index in [1.807, 2.05) is 13.8 Å². The third-order valence-corrected chi connectivity index (χ3v) is 3.43. The van der Waals surface area contributed by atoms with Gasteiger partial charge in [0, 0.05) is 25.9 Å². The molecule has 0 unspecified atom stereocenters. The maximum atomic E-state index is 13.4. The molecule has 0 fully saturated rings. The standard InChI is InChI=1S/C16H20FN5O3/c1-10(2)18-14-8-12(17)4-5-13(14)20-16(23)6-7-21-9-15(22(24)25)19-11(21)3/h4-5,8-10,18H,6-7H2,1-3H3,(H,20,23). The van der Waals surface area contributed by atoms with E-state index in [1.54, 1.807) is 11.5 Å². The molecule has 2 rings (SSSR count). The van der Waals surface area contributed by atoms with E-state index < -0.39 is 10.7 Å². The number of carbonyl (C=O) groups excluding carboxylic acids is 1. The number of nitrogens with one attached hydrogen (secondary N) is 2. The van der Waals surface area contributed by atoms with Gasteiger partial charge in [-0.25, -0.2) is 4.39 Å². The summed E-state index contributed by atoms with van der Waals surface area (Å²) < 4.78 is 14.9. The van der Waals surface area contributed by atoms with E-state index in [0.717, 1.165) is 0 Å². The summed E-state index contributed by atoms with van der Waals surface area (Å²) in [6.07, 6.45) is 1.40. The molecule has 134 valence electrons. The normalized spacial score (nSPS) is 10.8. The first kappa shape index (κ1) is 18.4. The Morgan fingerprint density at radius 3 is 2.72 bits per heavy atom. The summed E-state index contributed by atoms with van der Waals surface area (Å²) in [7, 11) is 0. The summed E-state index contributed by atoms with van der Waals surface area (Å²) >= 11 is 0. The first-order valence-corrected chi connectivity index (χ1v) is 7.80. The number of aromatic nitrogens is 2. The van der Waals surface area contributed by atoms with Crippen LogP contribution in [-0.4, -0.2) is 26.4 Å². The highest BCUT2D eigenvalue weighted by Gasteiger charge is 2.16. The van der Waals surface area contributed by atoms with Crippen molar-refractivity contribution in [2.45, 2.75) is 39.8 Å². The number of halogens is 1. The number of imidazole rings is 1. The predicted molar refractivity (Wildman–Crippen MR) is 92.0 cm³/mol. The molecule has 0 spiro atoms. The smallest absolute Gasteiger partial charge is 0.381 e. The van der Waals surface area contributed by atoms with Crippen LogP contribution < -0.4 is 10.6 Å². The minimum absolute atomic E-state index is 0.0756. The summed E-state index contributed by atoms with van der Waals surface area (Å²) in [5.41, 5.74) is 0.978. The molecule has 0 aliphatic heterocycles. The van der Waals surface area contributed by atoms with Crippen LogP contribution in [0.3, 0.4) is 0 Å². The van der Waals surface area contributed by atoms with E-state index in [1.165, 1.54) is 24.4 Å². The zero-order chi connectivity index (χ0) is 18.6. The van der Waals surface area contributed by atoms with Crippen LogP contribution in [0.15, 0.2) is 24.4 Å². The highest BCUT2D eigenvalue weighted by atomic mass is 19.1. The number of nitrogens with zero attached hydrogens (tertiary/aromatic N) is 3. The fourth-order valence-corrected chi connectivity index (χ4v) is 2.30. The maximum absolute atomic E-state index is 13.4. The molecule has 0 atom stereocenters. The Bertz CT molecular complexity index is 788. The molecule has 0 radical (unpaired) electrons. The molecule has 25 heavy (non-hydrogen) atoms. The zero-order valence-electron chi connectivity index (χ0n) is 14.2. The second-order valence-corrected chi connectivity index (χ2v) is 5.88. The van der Waals surface area contributed by atoms with Crippen molar-refractivity contribution in [3.63, 3.8) is 0 Å². The van der Waals surface area contributed by atoms with E-state index in [9.17, 15) is 19.3 Å². The van der Waals surface area contributed by atoms with Crippen molar-refractivity contribution < 1.29 is 14.1 Å². The lowest BCUT2D eigenvalue weighted by Crippen LogP contribution is -2.17. The van der Waals surface area contributed by atoms with Gasteiger partial charge in [-0.15, -0.1) is 0 Å². The number of aryl methyl sites for hydroxylation is 2. The highest BCUT2D eigenvalue weighted by Crippen LogP contribution is 2.24. The minimum atomic E-state index is -0.577. The van der Waals surface area contributed by atoms with Crippen molar-refractivity contribution in [3.8, 4) is 0 Å². The number of nitro groups is 1. The quantitative estimate of drug-likeness (QED) is 0.591. The molecule has 0 aliphatic rings. The molecule has 0 saturated carbocycles. The number of amides is 1. The zero-order valence-corrected chi connectivity index (χ0v) is 14.2. The van der Waals surface area contributed by atoms with Crippen LogP contribution in [0, 0.1) is 22.9 Å². The topological polar surface area (TPSA) is 102 Å². The van der Waals surface area contributed by atoms with E-state index in [-0.39, 0.29) is 30.7 Å². The number of benzene rings is 1. The number of hydrogen-bond acceptors (Lipinski definition) is 5. The summed E-state index contributed by atoms with van der Waals surface area (Å²) in [5, 5.41) is 16.5. The van der Waals surface area contributed by atoms with Crippen LogP contribution in [0.5, 0.6) is 0 Å². The average Bonchev–Trinajstić information content (AvgIpc) is 2.89. The van der Waals surface area contributed by atoms with Crippen LogP contribution >= 0.6 is 0 Å². The molecule has 1 aromatic carbocycles. The van der Waals surface area contributed by atoms with Crippen molar-refractivity contribution in [1.82, 2.24) is 9.55 Å². The summed E-state index contributed by atoms with van der Waals surface area (Å²) in [6.45, 7) is 5.71. The third kappa shape index (κ3) is 5.00. The summed E-state index contributed by atoms with van der Waals surface area (Å²) in [6, 6.07) is 4.15.